The van der Waals surface area contributed by atoms with Crippen LogP contribution < -0.4 is 16.4 Å². The maximum atomic E-state index is 13.5. The summed E-state index contributed by atoms with van der Waals surface area (Å²) in [7, 11) is 1.32. The number of benzene rings is 1. The van der Waals surface area contributed by atoms with Crippen LogP contribution in [0.15, 0.2) is 18.2 Å². The molecule has 0 heterocycles. The molecule has 0 aliphatic carbocycles. The van der Waals surface area contributed by atoms with Crippen LogP contribution in [0.2, 0.25) is 0 Å². The SMILES string of the molecule is CNC(=O)NC(=O)C(C)OC(=O)c1ccc(N)cc1F. The van der Waals surface area contributed by atoms with E-state index in [9.17, 15) is 18.8 Å². The molecule has 8 heteroatoms. The van der Waals surface area contributed by atoms with Crippen LogP contribution in [0.4, 0.5) is 14.9 Å². The first-order chi connectivity index (χ1) is 9.35. The third kappa shape index (κ3) is 3.94. The number of rotatable bonds is 3. The molecule has 4 N–H and O–H groups in total. The Balaban J connectivity index is 2.70. The first-order valence-corrected chi connectivity index (χ1v) is 5.63. The highest BCUT2D eigenvalue weighted by atomic mass is 19.1. The van der Waals surface area contributed by atoms with Crippen molar-refractivity contribution in [2.24, 2.45) is 0 Å². The summed E-state index contributed by atoms with van der Waals surface area (Å²) >= 11 is 0. The van der Waals surface area contributed by atoms with E-state index >= 15 is 0 Å². The van der Waals surface area contributed by atoms with E-state index in [0.29, 0.717) is 0 Å². The van der Waals surface area contributed by atoms with Gasteiger partial charge in [-0.3, -0.25) is 10.1 Å². The summed E-state index contributed by atoms with van der Waals surface area (Å²) in [6.07, 6.45) is -1.25. The predicted octanol–water partition coefficient (Wildman–Crippen LogP) is 0.409. The fourth-order valence-electron chi connectivity index (χ4n) is 1.25. The van der Waals surface area contributed by atoms with Gasteiger partial charge in [0.1, 0.15) is 5.82 Å². The number of ether oxygens (including phenoxy) is 1. The third-order valence-corrected chi connectivity index (χ3v) is 2.33. The van der Waals surface area contributed by atoms with Gasteiger partial charge in [0, 0.05) is 12.7 Å². The van der Waals surface area contributed by atoms with Crippen LogP contribution in [0.5, 0.6) is 0 Å². The number of nitrogen functional groups attached to an aromatic ring is 1. The smallest absolute Gasteiger partial charge is 0.341 e. The highest BCUT2D eigenvalue weighted by Gasteiger charge is 2.22. The van der Waals surface area contributed by atoms with Gasteiger partial charge >= 0.3 is 12.0 Å². The number of nitrogens with one attached hydrogen (secondary N) is 2. The number of anilines is 1. The van der Waals surface area contributed by atoms with E-state index in [0.717, 1.165) is 12.1 Å². The maximum Gasteiger partial charge on any atom is 0.341 e. The van der Waals surface area contributed by atoms with Crippen molar-refractivity contribution in [1.82, 2.24) is 10.6 Å². The lowest BCUT2D eigenvalue weighted by molar-refractivity contribution is -0.127. The molecule has 0 fully saturated rings. The van der Waals surface area contributed by atoms with Gasteiger partial charge in [0.15, 0.2) is 6.10 Å². The molecule has 0 bridgehead atoms. The fourth-order valence-corrected chi connectivity index (χ4v) is 1.25. The zero-order valence-electron chi connectivity index (χ0n) is 10.9. The fraction of sp³-hybridized carbons (Fsp3) is 0.250. The summed E-state index contributed by atoms with van der Waals surface area (Å²) in [5, 5.41) is 4.10. The Morgan fingerprint density at radius 2 is 2.00 bits per heavy atom. The molecule has 1 atom stereocenters. The van der Waals surface area contributed by atoms with Crippen LogP contribution >= 0.6 is 0 Å². The molecule has 108 valence electrons. The minimum Gasteiger partial charge on any atom is -0.449 e. The Morgan fingerprint density at radius 1 is 1.35 bits per heavy atom. The molecule has 7 nitrogen and oxygen atoms in total. The Hall–Kier alpha value is -2.64. The summed E-state index contributed by atoms with van der Waals surface area (Å²) < 4.78 is 18.2. The van der Waals surface area contributed by atoms with Gasteiger partial charge in [-0.2, -0.15) is 0 Å². The third-order valence-electron chi connectivity index (χ3n) is 2.33. The Kier molecular flexibility index (Phi) is 5.01. The van der Waals surface area contributed by atoms with Gasteiger partial charge in [-0.1, -0.05) is 0 Å². The molecule has 1 unspecified atom stereocenters. The summed E-state index contributed by atoms with van der Waals surface area (Å²) in [6, 6.07) is 2.70. The molecule has 20 heavy (non-hydrogen) atoms. The van der Waals surface area contributed by atoms with Crippen LogP contribution in [0, 0.1) is 5.82 Å². The van der Waals surface area contributed by atoms with Crippen LogP contribution in [0.3, 0.4) is 0 Å². The van der Waals surface area contributed by atoms with Crippen LogP contribution in [0.1, 0.15) is 17.3 Å². The number of imide groups is 1. The lowest BCUT2D eigenvalue weighted by atomic mass is 10.2. The number of carbonyl (C=O) groups is 3. The molecule has 0 saturated carbocycles. The second-order valence-corrected chi connectivity index (χ2v) is 3.86. The molecule has 0 saturated heterocycles. The van der Waals surface area contributed by atoms with E-state index in [4.69, 9.17) is 10.5 Å². The zero-order chi connectivity index (χ0) is 15.3. The number of halogens is 1. The molecule has 0 aromatic heterocycles. The quantitative estimate of drug-likeness (QED) is 0.549. The largest absolute Gasteiger partial charge is 0.449 e. The average Bonchev–Trinajstić information content (AvgIpc) is 2.37. The molecule has 1 rings (SSSR count). The maximum absolute atomic E-state index is 13.5. The average molecular weight is 283 g/mol. The predicted molar refractivity (Wildman–Crippen MR) is 68.3 cm³/mol. The highest BCUT2D eigenvalue weighted by Crippen LogP contribution is 2.13. The van der Waals surface area contributed by atoms with Gasteiger partial charge in [-0.05, 0) is 25.1 Å². The minimum absolute atomic E-state index is 0.157. The van der Waals surface area contributed by atoms with E-state index in [-0.39, 0.29) is 11.3 Å². The van der Waals surface area contributed by atoms with Crippen molar-refractivity contribution < 1.29 is 23.5 Å². The Morgan fingerprint density at radius 3 is 2.55 bits per heavy atom. The van der Waals surface area contributed by atoms with E-state index in [2.05, 4.69) is 5.32 Å². The number of amides is 3. The summed E-state index contributed by atoms with van der Waals surface area (Å²) in [5.41, 5.74) is 5.16. The topological polar surface area (TPSA) is 111 Å². The first kappa shape index (κ1) is 15.4. The van der Waals surface area contributed by atoms with Crippen molar-refractivity contribution in [3.63, 3.8) is 0 Å². The molecule has 0 radical (unpaired) electrons. The normalized spacial score (nSPS) is 11.3. The first-order valence-electron chi connectivity index (χ1n) is 5.63. The summed E-state index contributed by atoms with van der Waals surface area (Å²) in [6.45, 7) is 1.26. The van der Waals surface area contributed by atoms with Crippen molar-refractivity contribution in [1.29, 1.82) is 0 Å². The van der Waals surface area contributed by atoms with Crippen molar-refractivity contribution in [3.05, 3.63) is 29.6 Å². The molecule has 1 aromatic carbocycles. The van der Waals surface area contributed by atoms with Gasteiger partial charge in [0.05, 0.1) is 5.56 Å². The van der Waals surface area contributed by atoms with Crippen molar-refractivity contribution in [3.8, 4) is 0 Å². The zero-order valence-corrected chi connectivity index (χ0v) is 10.9. The van der Waals surface area contributed by atoms with Gasteiger partial charge < -0.3 is 15.8 Å². The molecular weight excluding hydrogens is 269 g/mol. The lowest BCUT2D eigenvalue weighted by Crippen LogP contribution is -2.43. The van der Waals surface area contributed by atoms with E-state index in [1.807, 2.05) is 5.32 Å². The molecular formula is C12H14FN3O4. The highest BCUT2D eigenvalue weighted by molar-refractivity contribution is 5.98. The summed E-state index contributed by atoms with van der Waals surface area (Å²) in [4.78, 5) is 34.0. The van der Waals surface area contributed by atoms with E-state index in [1.165, 1.54) is 20.0 Å². The number of hydrogen-bond acceptors (Lipinski definition) is 5. The minimum atomic E-state index is -1.25. The number of carbonyl (C=O) groups excluding carboxylic acids is 3. The van der Waals surface area contributed by atoms with E-state index in [1.54, 1.807) is 0 Å². The molecule has 1 aromatic rings. The van der Waals surface area contributed by atoms with Gasteiger partial charge in [-0.25, -0.2) is 14.0 Å². The summed E-state index contributed by atoms with van der Waals surface area (Å²) in [5.74, 6) is -2.70. The van der Waals surface area contributed by atoms with Crippen molar-refractivity contribution in [2.75, 3.05) is 12.8 Å². The Bertz CT molecular complexity index is 548. The standard InChI is InChI=1S/C12H14FN3O4/c1-6(10(17)16-12(19)15-2)20-11(18)8-4-3-7(14)5-9(8)13/h3-6H,14H2,1-2H3,(H2,15,16,17,19). The van der Waals surface area contributed by atoms with E-state index < -0.39 is 29.8 Å². The van der Waals surface area contributed by atoms with Crippen molar-refractivity contribution in [2.45, 2.75) is 13.0 Å². The molecule has 0 aliphatic heterocycles. The van der Waals surface area contributed by atoms with Gasteiger partial charge in [0.25, 0.3) is 5.91 Å². The number of esters is 1. The number of hydrogen-bond donors (Lipinski definition) is 3. The molecule has 3 amide bonds. The second kappa shape index (κ2) is 6.50. The van der Waals surface area contributed by atoms with Crippen LogP contribution in [0.25, 0.3) is 0 Å². The number of nitrogens with two attached hydrogens (primary N) is 1. The number of urea groups is 1. The molecule has 0 aliphatic rings. The monoisotopic (exact) mass is 283 g/mol. The van der Waals surface area contributed by atoms with Crippen LogP contribution in [-0.2, 0) is 9.53 Å². The van der Waals surface area contributed by atoms with Gasteiger partial charge in [-0.15, -0.1) is 0 Å². The lowest BCUT2D eigenvalue weighted by Gasteiger charge is -2.13. The Labute approximate surface area is 114 Å². The van der Waals surface area contributed by atoms with Crippen LogP contribution in [-0.4, -0.2) is 31.1 Å². The van der Waals surface area contributed by atoms with Gasteiger partial charge in [0.2, 0.25) is 0 Å². The second-order valence-electron chi connectivity index (χ2n) is 3.86. The molecule has 0 spiro atoms. The van der Waals surface area contributed by atoms with Crippen molar-refractivity contribution >= 4 is 23.6 Å².